The molecule has 0 aliphatic heterocycles. The van der Waals surface area contributed by atoms with Gasteiger partial charge in [0.25, 0.3) is 11.6 Å². The molecule has 0 radical (unpaired) electrons. The standard InChI is InChI=1S/C14H11ClN4O6/c1-8-2-5-12(14(16-8)19(23)24)25-7-13(20)17-11-4-3-9(18(21)22)6-10(11)15/h2-6H,7H2,1H3,(H,17,20). The van der Waals surface area contributed by atoms with Gasteiger partial charge in [0.05, 0.1) is 15.6 Å². The van der Waals surface area contributed by atoms with Gasteiger partial charge in [-0.2, -0.15) is 0 Å². The molecule has 1 heterocycles. The van der Waals surface area contributed by atoms with E-state index in [4.69, 9.17) is 16.3 Å². The number of nitro benzene ring substituents is 1. The number of amides is 1. The quantitative estimate of drug-likeness (QED) is 0.612. The van der Waals surface area contributed by atoms with Crippen molar-refractivity contribution in [2.45, 2.75) is 6.92 Å². The molecule has 2 aromatic rings. The second-order valence-electron chi connectivity index (χ2n) is 4.79. The average Bonchev–Trinajstić information content (AvgIpc) is 2.55. The number of anilines is 1. The summed E-state index contributed by atoms with van der Waals surface area (Å²) in [5.41, 5.74) is 0.360. The lowest BCUT2D eigenvalue weighted by Crippen LogP contribution is -2.20. The number of aromatic nitrogens is 1. The zero-order valence-electron chi connectivity index (χ0n) is 12.8. The van der Waals surface area contributed by atoms with Gasteiger partial charge in [-0.3, -0.25) is 14.9 Å². The molecule has 0 fully saturated rings. The first-order chi connectivity index (χ1) is 11.8. The number of nitrogens with one attached hydrogen (secondary N) is 1. The molecule has 0 unspecified atom stereocenters. The Morgan fingerprint density at radius 2 is 1.96 bits per heavy atom. The Morgan fingerprint density at radius 1 is 1.24 bits per heavy atom. The first kappa shape index (κ1) is 18.1. The fraction of sp³-hybridized carbons (Fsp3) is 0.143. The van der Waals surface area contributed by atoms with Gasteiger partial charge in [-0.05, 0) is 28.1 Å². The number of nitrogens with zero attached hydrogens (tertiary/aromatic N) is 3. The van der Waals surface area contributed by atoms with Crippen molar-refractivity contribution >= 4 is 34.7 Å². The van der Waals surface area contributed by atoms with Gasteiger partial charge in [0.1, 0.15) is 5.69 Å². The van der Waals surface area contributed by atoms with Crippen molar-refractivity contribution in [3.8, 4) is 5.75 Å². The lowest BCUT2D eigenvalue weighted by Gasteiger charge is -2.09. The monoisotopic (exact) mass is 366 g/mol. The van der Waals surface area contributed by atoms with Crippen molar-refractivity contribution < 1.29 is 19.4 Å². The molecule has 0 saturated carbocycles. The van der Waals surface area contributed by atoms with E-state index in [2.05, 4.69) is 10.3 Å². The third-order valence-corrected chi connectivity index (χ3v) is 3.26. The summed E-state index contributed by atoms with van der Waals surface area (Å²) in [5.74, 6) is -1.30. The van der Waals surface area contributed by atoms with Gasteiger partial charge in [-0.1, -0.05) is 11.6 Å². The van der Waals surface area contributed by atoms with E-state index in [-0.39, 0.29) is 22.1 Å². The van der Waals surface area contributed by atoms with E-state index in [0.29, 0.717) is 5.69 Å². The molecule has 0 atom stereocenters. The van der Waals surface area contributed by atoms with Crippen molar-refractivity contribution in [3.05, 3.63) is 61.3 Å². The highest BCUT2D eigenvalue weighted by Gasteiger charge is 2.19. The topological polar surface area (TPSA) is 138 Å². The van der Waals surface area contributed by atoms with Gasteiger partial charge in [0.2, 0.25) is 5.75 Å². The van der Waals surface area contributed by atoms with Crippen LogP contribution in [0.4, 0.5) is 17.2 Å². The van der Waals surface area contributed by atoms with Crippen molar-refractivity contribution in [1.29, 1.82) is 0 Å². The maximum atomic E-state index is 11.9. The summed E-state index contributed by atoms with van der Waals surface area (Å²) in [4.78, 5) is 35.9. The molecule has 1 N–H and O–H groups in total. The normalized spacial score (nSPS) is 10.2. The number of non-ortho nitro benzene ring substituents is 1. The summed E-state index contributed by atoms with van der Waals surface area (Å²) >= 11 is 5.86. The SMILES string of the molecule is Cc1ccc(OCC(=O)Nc2ccc([N+](=O)[O-])cc2Cl)c([N+](=O)[O-])n1. The third kappa shape index (κ3) is 4.61. The number of carbonyl (C=O) groups is 1. The van der Waals surface area contributed by atoms with Gasteiger partial charge >= 0.3 is 5.82 Å². The Morgan fingerprint density at radius 3 is 2.56 bits per heavy atom. The second kappa shape index (κ2) is 7.53. The van der Waals surface area contributed by atoms with Crippen LogP contribution < -0.4 is 10.1 Å². The highest BCUT2D eigenvalue weighted by molar-refractivity contribution is 6.34. The van der Waals surface area contributed by atoms with E-state index in [1.54, 1.807) is 6.92 Å². The highest BCUT2D eigenvalue weighted by Crippen LogP contribution is 2.27. The van der Waals surface area contributed by atoms with Gasteiger partial charge in [0, 0.05) is 19.1 Å². The Labute approximate surface area is 145 Å². The van der Waals surface area contributed by atoms with Crippen LogP contribution in [-0.4, -0.2) is 27.3 Å². The lowest BCUT2D eigenvalue weighted by atomic mass is 10.3. The molecule has 1 amide bonds. The number of pyridine rings is 1. The molecular weight excluding hydrogens is 356 g/mol. The zero-order chi connectivity index (χ0) is 18.6. The van der Waals surface area contributed by atoms with E-state index in [0.717, 1.165) is 6.07 Å². The molecule has 2 rings (SSSR count). The number of hydrogen-bond acceptors (Lipinski definition) is 7. The molecule has 0 saturated heterocycles. The second-order valence-corrected chi connectivity index (χ2v) is 5.20. The first-order valence-electron chi connectivity index (χ1n) is 6.76. The first-order valence-corrected chi connectivity index (χ1v) is 7.14. The van der Waals surface area contributed by atoms with Gasteiger partial charge in [-0.15, -0.1) is 0 Å². The molecule has 0 spiro atoms. The number of hydrogen-bond donors (Lipinski definition) is 1. The molecule has 0 aliphatic carbocycles. The minimum atomic E-state index is -0.715. The number of carbonyl (C=O) groups excluding carboxylic acids is 1. The predicted octanol–water partition coefficient (Wildman–Crippen LogP) is 2.88. The van der Waals surface area contributed by atoms with Crippen LogP contribution in [0.1, 0.15) is 5.69 Å². The van der Waals surface area contributed by atoms with Crippen LogP contribution in [0, 0.1) is 27.2 Å². The maximum absolute atomic E-state index is 11.9. The van der Waals surface area contributed by atoms with Crippen molar-refractivity contribution in [3.63, 3.8) is 0 Å². The van der Waals surface area contributed by atoms with Gasteiger partial charge < -0.3 is 20.2 Å². The smallest absolute Gasteiger partial charge is 0.406 e. The summed E-state index contributed by atoms with van der Waals surface area (Å²) in [6.07, 6.45) is 0. The summed E-state index contributed by atoms with van der Waals surface area (Å²) in [6.45, 7) is 1.05. The van der Waals surface area contributed by atoms with Gasteiger partial charge in [-0.25, -0.2) is 0 Å². The molecule has 25 heavy (non-hydrogen) atoms. The molecule has 1 aromatic heterocycles. The number of ether oxygens (including phenoxy) is 1. The van der Waals surface area contributed by atoms with E-state index in [1.807, 2.05) is 0 Å². The maximum Gasteiger partial charge on any atom is 0.406 e. The zero-order valence-corrected chi connectivity index (χ0v) is 13.5. The van der Waals surface area contributed by atoms with Crippen molar-refractivity contribution in [2.24, 2.45) is 0 Å². The van der Waals surface area contributed by atoms with E-state index in [9.17, 15) is 25.0 Å². The molecule has 0 aliphatic rings. The van der Waals surface area contributed by atoms with Crippen molar-refractivity contribution in [1.82, 2.24) is 4.98 Å². The van der Waals surface area contributed by atoms with Gasteiger partial charge in [0.15, 0.2) is 6.61 Å². The predicted molar refractivity (Wildman–Crippen MR) is 87.9 cm³/mol. The van der Waals surface area contributed by atoms with Crippen LogP contribution in [0.15, 0.2) is 30.3 Å². The largest absolute Gasteiger partial charge is 0.476 e. The lowest BCUT2D eigenvalue weighted by molar-refractivity contribution is -0.390. The van der Waals surface area contributed by atoms with E-state index in [1.165, 1.54) is 24.3 Å². The van der Waals surface area contributed by atoms with Crippen LogP contribution in [0.25, 0.3) is 0 Å². The minimum Gasteiger partial charge on any atom is -0.476 e. The molecule has 0 bridgehead atoms. The van der Waals surface area contributed by atoms with Crippen LogP contribution in [0.3, 0.4) is 0 Å². The van der Waals surface area contributed by atoms with Crippen molar-refractivity contribution in [2.75, 3.05) is 11.9 Å². The summed E-state index contributed by atoms with van der Waals surface area (Å²) in [6, 6.07) is 6.39. The summed E-state index contributed by atoms with van der Waals surface area (Å²) in [5, 5.41) is 23.9. The molecule has 10 nitrogen and oxygen atoms in total. The Kier molecular flexibility index (Phi) is 5.45. The Balaban J connectivity index is 2.04. The van der Waals surface area contributed by atoms with Crippen LogP contribution in [0.5, 0.6) is 5.75 Å². The Bertz CT molecular complexity index is 857. The molecule has 1 aromatic carbocycles. The van der Waals surface area contributed by atoms with Crippen LogP contribution in [-0.2, 0) is 4.79 Å². The number of rotatable bonds is 6. The molecule has 11 heteroatoms. The third-order valence-electron chi connectivity index (χ3n) is 2.95. The number of nitro groups is 2. The number of halogens is 1. The molecule has 130 valence electrons. The fourth-order valence-corrected chi connectivity index (χ4v) is 2.04. The number of aryl methyl sites for hydroxylation is 1. The average molecular weight is 367 g/mol. The van der Waals surface area contributed by atoms with Crippen LogP contribution >= 0.6 is 11.6 Å². The molecular formula is C14H11ClN4O6. The Hall–Kier alpha value is -3.27. The summed E-state index contributed by atoms with van der Waals surface area (Å²) in [7, 11) is 0. The minimum absolute atomic E-state index is 0.0227. The number of benzene rings is 1. The highest BCUT2D eigenvalue weighted by atomic mass is 35.5. The fourth-order valence-electron chi connectivity index (χ4n) is 1.82. The van der Waals surface area contributed by atoms with Crippen LogP contribution in [0.2, 0.25) is 5.02 Å². The van der Waals surface area contributed by atoms with E-state index < -0.39 is 28.2 Å². The van der Waals surface area contributed by atoms with E-state index >= 15 is 0 Å². The summed E-state index contributed by atoms with van der Waals surface area (Å²) < 4.78 is 5.12.